The summed E-state index contributed by atoms with van der Waals surface area (Å²) in [4.78, 5) is 2.36. The first-order chi connectivity index (χ1) is 10.1. The Labute approximate surface area is 126 Å². The lowest BCUT2D eigenvalue weighted by atomic mass is 10.2. The van der Waals surface area contributed by atoms with E-state index in [0.717, 1.165) is 19.6 Å². The summed E-state index contributed by atoms with van der Waals surface area (Å²) in [5.74, 6) is 2.05. The summed E-state index contributed by atoms with van der Waals surface area (Å²) in [6.45, 7) is 7.54. The Balaban J connectivity index is 1.91. The van der Waals surface area contributed by atoms with Crippen LogP contribution in [0.1, 0.15) is 13.8 Å². The minimum Gasteiger partial charge on any atom is -0.493 e. The molecule has 1 fully saturated rings. The Kier molecular flexibility index (Phi) is 5.70. The molecule has 1 aliphatic heterocycles. The van der Waals surface area contributed by atoms with Gasteiger partial charge in [0, 0.05) is 19.6 Å². The molecule has 0 unspecified atom stereocenters. The van der Waals surface area contributed by atoms with Crippen molar-refractivity contribution in [3.8, 4) is 17.2 Å². The third kappa shape index (κ3) is 4.25. The highest BCUT2D eigenvalue weighted by Crippen LogP contribution is 2.36. The van der Waals surface area contributed by atoms with Gasteiger partial charge in [-0.15, -0.1) is 0 Å². The molecule has 0 radical (unpaired) electrons. The molecule has 1 aromatic rings. The van der Waals surface area contributed by atoms with E-state index in [0.29, 0.717) is 23.9 Å². The van der Waals surface area contributed by atoms with Crippen LogP contribution in [0.15, 0.2) is 18.2 Å². The summed E-state index contributed by atoms with van der Waals surface area (Å²) < 4.78 is 22.3. The number of nitrogens with zero attached hydrogens (tertiary/aromatic N) is 1. The Hall–Kier alpha value is -1.46. The number of methoxy groups -OCH3 is 2. The summed E-state index contributed by atoms with van der Waals surface area (Å²) in [7, 11) is 3.26. The number of para-hydroxylation sites is 1. The highest BCUT2D eigenvalue weighted by Gasteiger charge is 2.22. The van der Waals surface area contributed by atoms with Gasteiger partial charge in [-0.2, -0.15) is 0 Å². The van der Waals surface area contributed by atoms with Gasteiger partial charge in [0.2, 0.25) is 5.75 Å². The summed E-state index contributed by atoms with van der Waals surface area (Å²) in [5, 5.41) is 0. The second-order valence-electron chi connectivity index (χ2n) is 5.36. The predicted molar refractivity (Wildman–Crippen MR) is 81.5 cm³/mol. The fraction of sp³-hybridized carbons (Fsp3) is 0.625. The summed E-state index contributed by atoms with van der Waals surface area (Å²) >= 11 is 0. The lowest BCUT2D eigenvalue weighted by molar-refractivity contribution is -0.0700. The zero-order chi connectivity index (χ0) is 15.2. The van der Waals surface area contributed by atoms with Crippen LogP contribution in [-0.2, 0) is 4.74 Å². The van der Waals surface area contributed by atoms with Gasteiger partial charge in [-0.3, -0.25) is 4.90 Å². The van der Waals surface area contributed by atoms with E-state index in [4.69, 9.17) is 18.9 Å². The summed E-state index contributed by atoms with van der Waals surface area (Å²) in [6, 6.07) is 5.63. The molecule has 1 aromatic carbocycles. The van der Waals surface area contributed by atoms with Gasteiger partial charge in [-0.05, 0) is 26.0 Å². The second-order valence-corrected chi connectivity index (χ2v) is 5.36. The van der Waals surface area contributed by atoms with Crippen molar-refractivity contribution in [2.45, 2.75) is 26.1 Å². The van der Waals surface area contributed by atoms with Gasteiger partial charge in [0.05, 0.1) is 26.4 Å². The van der Waals surface area contributed by atoms with Crippen LogP contribution >= 0.6 is 0 Å². The Morgan fingerprint density at radius 2 is 1.67 bits per heavy atom. The van der Waals surface area contributed by atoms with Crippen LogP contribution in [0.4, 0.5) is 0 Å². The maximum absolute atomic E-state index is 5.89. The van der Waals surface area contributed by atoms with E-state index in [9.17, 15) is 0 Å². The molecule has 21 heavy (non-hydrogen) atoms. The molecule has 1 heterocycles. The molecule has 0 aromatic heterocycles. The molecule has 1 saturated heterocycles. The lowest BCUT2D eigenvalue weighted by Crippen LogP contribution is -2.46. The highest BCUT2D eigenvalue weighted by atomic mass is 16.5. The molecular weight excluding hydrogens is 270 g/mol. The standard InChI is InChI=1S/C16H25NO4/c1-12-10-17(11-13(2)21-12)8-9-20-16-14(18-3)6-5-7-15(16)19-4/h5-7,12-13H,8-11H2,1-4H3/t12-,13+. The van der Waals surface area contributed by atoms with Crippen LogP contribution < -0.4 is 14.2 Å². The Morgan fingerprint density at radius 1 is 1.10 bits per heavy atom. The summed E-state index contributed by atoms with van der Waals surface area (Å²) in [5.41, 5.74) is 0. The van der Waals surface area contributed by atoms with Crippen molar-refractivity contribution in [3.05, 3.63) is 18.2 Å². The van der Waals surface area contributed by atoms with Crippen LogP contribution in [0, 0.1) is 0 Å². The van der Waals surface area contributed by atoms with Gasteiger partial charge in [0.25, 0.3) is 0 Å². The molecule has 2 atom stereocenters. The van der Waals surface area contributed by atoms with Crippen molar-refractivity contribution in [1.29, 1.82) is 0 Å². The van der Waals surface area contributed by atoms with Crippen LogP contribution in [0.3, 0.4) is 0 Å². The third-order valence-electron chi connectivity index (χ3n) is 3.53. The first-order valence-electron chi connectivity index (χ1n) is 7.35. The Morgan fingerprint density at radius 3 is 2.19 bits per heavy atom. The lowest BCUT2D eigenvalue weighted by Gasteiger charge is -2.35. The molecule has 0 spiro atoms. The van der Waals surface area contributed by atoms with E-state index in [1.165, 1.54) is 0 Å². The molecule has 0 bridgehead atoms. The zero-order valence-electron chi connectivity index (χ0n) is 13.3. The molecule has 5 nitrogen and oxygen atoms in total. The van der Waals surface area contributed by atoms with Gasteiger partial charge in [0.1, 0.15) is 6.61 Å². The van der Waals surface area contributed by atoms with Crippen molar-refractivity contribution in [1.82, 2.24) is 4.90 Å². The zero-order valence-corrected chi connectivity index (χ0v) is 13.3. The SMILES string of the molecule is COc1cccc(OC)c1OCCN1C[C@@H](C)O[C@@H](C)C1. The number of rotatable bonds is 6. The van der Waals surface area contributed by atoms with Crippen LogP contribution in [0.25, 0.3) is 0 Å². The number of hydrogen-bond acceptors (Lipinski definition) is 5. The maximum atomic E-state index is 5.89. The first-order valence-corrected chi connectivity index (χ1v) is 7.35. The predicted octanol–water partition coefficient (Wildman–Crippen LogP) is 2.19. The number of morpholine rings is 1. The molecule has 118 valence electrons. The van der Waals surface area contributed by atoms with Gasteiger partial charge in [-0.1, -0.05) is 6.07 Å². The van der Waals surface area contributed by atoms with Crippen molar-refractivity contribution in [3.63, 3.8) is 0 Å². The van der Waals surface area contributed by atoms with E-state index in [1.54, 1.807) is 14.2 Å². The average molecular weight is 295 g/mol. The maximum Gasteiger partial charge on any atom is 0.203 e. The van der Waals surface area contributed by atoms with Gasteiger partial charge >= 0.3 is 0 Å². The van der Waals surface area contributed by atoms with Crippen LogP contribution in [-0.4, -0.2) is 57.6 Å². The van der Waals surface area contributed by atoms with Gasteiger partial charge in [0.15, 0.2) is 11.5 Å². The monoisotopic (exact) mass is 295 g/mol. The molecular formula is C16H25NO4. The van der Waals surface area contributed by atoms with E-state index >= 15 is 0 Å². The average Bonchev–Trinajstić information content (AvgIpc) is 2.46. The fourth-order valence-corrected chi connectivity index (χ4v) is 2.70. The fourth-order valence-electron chi connectivity index (χ4n) is 2.70. The van der Waals surface area contributed by atoms with Crippen molar-refractivity contribution < 1.29 is 18.9 Å². The molecule has 2 rings (SSSR count). The van der Waals surface area contributed by atoms with E-state index in [2.05, 4.69) is 18.7 Å². The van der Waals surface area contributed by atoms with Gasteiger partial charge in [-0.25, -0.2) is 0 Å². The molecule has 1 aliphatic rings. The van der Waals surface area contributed by atoms with E-state index < -0.39 is 0 Å². The topological polar surface area (TPSA) is 40.2 Å². The number of benzene rings is 1. The minimum absolute atomic E-state index is 0.273. The number of ether oxygens (including phenoxy) is 4. The molecule has 0 amide bonds. The van der Waals surface area contributed by atoms with E-state index in [1.807, 2.05) is 18.2 Å². The van der Waals surface area contributed by atoms with E-state index in [-0.39, 0.29) is 12.2 Å². The minimum atomic E-state index is 0.273. The van der Waals surface area contributed by atoms with Gasteiger partial charge < -0.3 is 18.9 Å². The molecule has 0 saturated carbocycles. The van der Waals surface area contributed by atoms with Crippen molar-refractivity contribution in [2.24, 2.45) is 0 Å². The second kappa shape index (κ2) is 7.52. The van der Waals surface area contributed by atoms with Crippen molar-refractivity contribution in [2.75, 3.05) is 40.5 Å². The molecule has 0 N–H and O–H groups in total. The molecule has 0 aliphatic carbocycles. The number of hydrogen-bond donors (Lipinski definition) is 0. The largest absolute Gasteiger partial charge is 0.493 e. The smallest absolute Gasteiger partial charge is 0.203 e. The third-order valence-corrected chi connectivity index (χ3v) is 3.53. The summed E-state index contributed by atoms with van der Waals surface area (Å²) in [6.07, 6.45) is 0.545. The van der Waals surface area contributed by atoms with Crippen LogP contribution in [0.2, 0.25) is 0 Å². The molecule has 5 heteroatoms. The Bertz CT molecular complexity index is 420. The van der Waals surface area contributed by atoms with Crippen LogP contribution in [0.5, 0.6) is 17.2 Å². The normalized spacial score (nSPS) is 22.9. The highest BCUT2D eigenvalue weighted by molar-refractivity contribution is 5.51. The van der Waals surface area contributed by atoms with Crippen molar-refractivity contribution >= 4 is 0 Å². The first kappa shape index (κ1) is 15.9. The quantitative estimate of drug-likeness (QED) is 0.804.